The molecule has 0 saturated heterocycles. The lowest BCUT2D eigenvalue weighted by Crippen LogP contribution is -2.17. The molecule has 1 atom stereocenters. The summed E-state index contributed by atoms with van der Waals surface area (Å²) in [5, 5.41) is 3.57. The maximum absolute atomic E-state index is 5.94. The minimum absolute atomic E-state index is 0.213. The zero-order valence-corrected chi connectivity index (χ0v) is 11.6. The molecular formula is C13H16ClN3O2. The Labute approximate surface area is 117 Å². The van der Waals surface area contributed by atoms with E-state index in [0.717, 1.165) is 18.6 Å². The molecule has 19 heavy (non-hydrogen) atoms. The number of ether oxygens (including phenoxy) is 1. The highest BCUT2D eigenvalue weighted by atomic mass is 35.5. The zero-order chi connectivity index (χ0) is 13.7. The van der Waals surface area contributed by atoms with E-state index < -0.39 is 0 Å². The number of aromatic nitrogens is 2. The van der Waals surface area contributed by atoms with Crippen molar-refractivity contribution in [1.29, 1.82) is 0 Å². The maximum atomic E-state index is 5.94. The van der Waals surface area contributed by atoms with E-state index in [-0.39, 0.29) is 6.04 Å². The normalized spacial score (nSPS) is 12.2. The fraction of sp³-hybridized carbons (Fsp3) is 0.385. The standard InChI is InChI=1S/C13H16ClN3O2/c1-9(5-6-10-4-3-7-19-10)17-13-11(18-2)12(14)15-8-16-13/h3-4,7-9H,5-6H2,1-2H3,(H,15,16,17). The molecule has 2 aromatic rings. The van der Waals surface area contributed by atoms with Crippen LogP contribution in [-0.2, 0) is 6.42 Å². The van der Waals surface area contributed by atoms with Gasteiger partial charge in [-0.05, 0) is 25.5 Å². The summed E-state index contributed by atoms with van der Waals surface area (Å²) in [5.74, 6) is 2.05. The van der Waals surface area contributed by atoms with Gasteiger partial charge in [0.1, 0.15) is 12.1 Å². The molecule has 0 aliphatic rings. The number of rotatable bonds is 6. The lowest BCUT2D eigenvalue weighted by atomic mass is 10.1. The second kappa shape index (κ2) is 6.43. The van der Waals surface area contributed by atoms with Crippen molar-refractivity contribution in [2.45, 2.75) is 25.8 Å². The van der Waals surface area contributed by atoms with E-state index in [1.54, 1.807) is 13.4 Å². The van der Waals surface area contributed by atoms with Crippen molar-refractivity contribution < 1.29 is 9.15 Å². The number of aryl methyl sites for hydroxylation is 1. The SMILES string of the molecule is COc1c(Cl)ncnc1NC(C)CCc1ccco1. The van der Waals surface area contributed by atoms with E-state index in [9.17, 15) is 0 Å². The molecule has 1 unspecified atom stereocenters. The van der Waals surface area contributed by atoms with Gasteiger partial charge in [-0.1, -0.05) is 11.6 Å². The van der Waals surface area contributed by atoms with Gasteiger partial charge in [-0.2, -0.15) is 0 Å². The number of nitrogens with one attached hydrogen (secondary N) is 1. The molecular weight excluding hydrogens is 266 g/mol. The van der Waals surface area contributed by atoms with Crippen LogP contribution in [0.5, 0.6) is 5.75 Å². The summed E-state index contributed by atoms with van der Waals surface area (Å²) in [4.78, 5) is 8.02. The maximum Gasteiger partial charge on any atom is 0.198 e. The molecule has 5 nitrogen and oxygen atoms in total. The van der Waals surface area contributed by atoms with Crippen molar-refractivity contribution in [3.05, 3.63) is 35.6 Å². The minimum Gasteiger partial charge on any atom is -0.490 e. The average Bonchev–Trinajstić information content (AvgIpc) is 2.90. The van der Waals surface area contributed by atoms with Crippen LogP contribution in [0.1, 0.15) is 19.1 Å². The number of hydrogen-bond acceptors (Lipinski definition) is 5. The molecule has 0 aliphatic heterocycles. The van der Waals surface area contributed by atoms with E-state index in [4.69, 9.17) is 20.8 Å². The smallest absolute Gasteiger partial charge is 0.198 e. The molecule has 0 fully saturated rings. The number of hydrogen-bond donors (Lipinski definition) is 1. The Morgan fingerprint density at radius 3 is 3.00 bits per heavy atom. The van der Waals surface area contributed by atoms with Gasteiger partial charge in [0.15, 0.2) is 16.7 Å². The second-order valence-corrected chi connectivity index (χ2v) is 4.57. The van der Waals surface area contributed by atoms with E-state index in [0.29, 0.717) is 16.7 Å². The Balaban J connectivity index is 1.95. The van der Waals surface area contributed by atoms with Gasteiger partial charge in [-0.3, -0.25) is 0 Å². The van der Waals surface area contributed by atoms with Crippen molar-refractivity contribution in [3.8, 4) is 5.75 Å². The van der Waals surface area contributed by atoms with E-state index in [1.807, 2.05) is 12.1 Å². The predicted octanol–water partition coefficient (Wildman–Crippen LogP) is 3.16. The van der Waals surface area contributed by atoms with E-state index >= 15 is 0 Å². The number of nitrogens with zero attached hydrogens (tertiary/aromatic N) is 2. The van der Waals surface area contributed by atoms with Crippen LogP contribution in [0.2, 0.25) is 5.15 Å². The summed E-state index contributed by atoms with van der Waals surface area (Å²) >= 11 is 5.94. The predicted molar refractivity (Wildman–Crippen MR) is 73.7 cm³/mol. The fourth-order valence-corrected chi connectivity index (χ4v) is 1.97. The van der Waals surface area contributed by atoms with Gasteiger partial charge in [-0.25, -0.2) is 9.97 Å². The summed E-state index contributed by atoms with van der Waals surface area (Å²) in [6, 6.07) is 4.07. The molecule has 1 N–H and O–H groups in total. The van der Waals surface area contributed by atoms with Crippen LogP contribution in [0, 0.1) is 0 Å². The first-order valence-corrected chi connectivity index (χ1v) is 6.42. The molecule has 6 heteroatoms. The fourth-order valence-electron chi connectivity index (χ4n) is 1.76. The van der Waals surface area contributed by atoms with Gasteiger partial charge in [0.25, 0.3) is 0 Å². The van der Waals surface area contributed by atoms with E-state index in [1.165, 1.54) is 6.33 Å². The van der Waals surface area contributed by atoms with Crippen molar-refractivity contribution >= 4 is 17.4 Å². The van der Waals surface area contributed by atoms with Gasteiger partial charge in [0.2, 0.25) is 0 Å². The number of furan rings is 1. The Hall–Kier alpha value is -1.75. The van der Waals surface area contributed by atoms with Crippen LogP contribution >= 0.6 is 11.6 Å². The summed E-state index contributed by atoms with van der Waals surface area (Å²) in [7, 11) is 1.54. The van der Waals surface area contributed by atoms with Gasteiger partial charge in [0, 0.05) is 12.5 Å². The third-order valence-electron chi connectivity index (χ3n) is 2.75. The van der Waals surface area contributed by atoms with Crippen LogP contribution in [0.25, 0.3) is 0 Å². The van der Waals surface area contributed by atoms with Gasteiger partial charge < -0.3 is 14.5 Å². The lowest BCUT2D eigenvalue weighted by molar-refractivity contribution is 0.412. The van der Waals surface area contributed by atoms with Crippen molar-refractivity contribution in [2.75, 3.05) is 12.4 Å². The van der Waals surface area contributed by atoms with Gasteiger partial charge >= 0.3 is 0 Å². The van der Waals surface area contributed by atoms with Crippen molar-refractivity contribution in [1.82, 2.24) is 9.97 Å². The highest BCUT2D eigenvalue weighted by Crippen LogP contribution is 2.29. The third kappa shape index (κ3) is 3.61. The highest BCUT2D eigenvalue weighted by Gasteiger charge is 2.12. The Morgan fingerprint density at radius 1 is 1.47 bits per heavy atom. The van der Waals surface area contributed by atoms with Crippen molar-refractivity contribution in [2.24, 2.45) is 0 Å². The quantitative estimate of drug-likeness (QED) is 0.824. The molecule has 0 spiro atoms. The molecule has 2 rings (SSSR count). The summed E-state index contributed by atoms with van der Waals surface area (Å²) in [6.45, 7) is 2.07. The molecule has 0 amide bonds. The van der Waals surface area contributed by atoms with E-state index in [2.05, 4.69) is 22.2 Å². The Bertz CT molecular complexity index is 517. The van der Waals surface area contributed by atoms with Crippen LogP contribution in [0.15, 0.2) is 29.1 Å². The number of methoxy groups -OCH3 is 1. The van der Waals surface area contributed by atoms with Gasteiger partial charge in [0.05, 0.1) is 13.4 Å². The number of anilines is 1. The number of halogens is 1. The highest BCUT2D eigenvalue weighted by molar-refractivity contribution is 6.31. The first kappa shape index (κ1) is 13.7. The first-order valence-electron chi connectivity index (χ1n) is 6.04. The third-order valence-corrected chi connectivity index (χ3v) is 3.02. The van der Waals surface area contributed by atoms with Crippen LogP contribution < -0.4 is 10.1 Å². The van der Waals surface area contributed by atoms with Crippen LogP contribution in [0.4, 0.5) is 5.82 Å². The molecule has 102 valence electrons. The van der Waals surface area contributed by atoms with Crippen molar-refractivity contribution in [3.63, 3.8) is 0 Å². The van der Waals surface area contributed by atoms with Crippen LogP contribution in [0.3, 0.4) is 0 Å². The lowest BCUT2D eigenvalue weighted by Gasteiger charge is -2.16. The Morgan fingerprint density at radius 2 is 2.32 bits per heavy atom. The van der Waals surface area contributed by atoms with Crippen LogP contribution in [-0.4, -0.2) is 23.1 Å². The second-order valence-electron chi connectivity index (χ2n) is 4.21. The largest absolute Gasteiger partial charge is 0.490 e. The van der Waals surface area contributed by atoms with Gasteiger partial charge in [-0.15, -0.1) is 0 Å². The average molecular weight is 282 g/mol. The monoisotopic (exact) mass is 281 g/mol. The molecule has 0 bridgehead atoms. The summed E-state index contributed by atoms with van der Waals surface area (Å²) < 4.78 is 10.5. The molecule has 0 saturated carbocycles. The Kier molecular flexibility index (Phi) is 4.63. The summed E-state index contributed by atoms with van der Waals surface area (Å²) in [6.07, 6.45) is 4.87. The first-order chi connectivity index (χ1) is 9.20. The summed E-state index contributed by atoms with van der Waals surface area (Å²) in [5.41, 5.74) is 0. The molecule has 2 aromatic heterocycles. The minimum atomic E-state index is 0.213. The molecule has 0 radical (unpaired) electrons. The molecule has 0 aromatic carbocycles. The molecule has 0 aliphatic carbocycles. The topological polar surface area (TPSA) is 60.2 Å². The molecule has 2 heterocycles. The zero-order valence-electron chi connectivity index (χ0n) is 10.9.